The first-order valence-corrected chi connectivity index (χ1v) is 8.74. The fourth-order valence-corrected chi connectivity index (χ4v) is 3.23. The molecule has 3 rings (SSSR count). The third-order valence-corrected chi connectivity index (χ3v) is 4.30. The molecule has 0 bridgehead atoms. The van der Waals surface area contributed by atoms with Gasteiger partial charge in [0.05, 0.1) is 18.2 Å². The van der Waals surface area contributed by atoms with Crippen LogP contribution in [-0.4, -0.2) is 45.8 Å². The Morgan fingerprint density at radius 3 is 3.00 bits per heavy atom. The van der Waals surface area contributed by atoms with E-state index in [1.165, 1.54) is 11.0 Å². The summed E-state index contributed by atoms with van der Waals surface area (Å²) in [7, 11) is 0. The predicted molar refractivity (Wildman–Crippen MR) is 93.1 cm³/mol. The Morgan fingerprint density at radius 1 is 1.48 bits per heavy atom. The minimum atomic E-state index is -1.29. The zero-order valence-electron chi connectivity index (χ0n) is 14.2. The standard InChI is InChI=1S/C15H16Cl2N4O6/c1-2-24-6-11-7-25-15(26-11,12-4-3-10(16)5-13(12)17)8-20-9-18-14(19-20)27-21(22)23/h3-5,9,11H,2,6-8H2,1H3. The molecular formula is C15H16Cl2N4O6. The molecule has 1 aliphatic heterocycles. The summed E-state index contributed by atoms with van der Waals surface area (Å²) < 4.78 is 18.8. The maximum absolute atomic E-state index is 10.4. The minimum Gasteiger partial charge on any atom is -0.379 e. The van der Waals surface area contributed by atoms with Crippen LogP contribution in [0.3, 0.4) is 0 Å². The minimum absolute atomic E-state index is 0.0328. The van der Waals surface area contributed by atoms with Gasteiger partial charge in [-0.05, 0) is 19.1 Å². The summed E-state index contributed by atoms with van der Waals surface area (Å²) in [5.74, 6) is -1.29. The average molecular weight is 419 g/mol. The van der Waals surface area contributed by atoms with Crippen molar-refractivity contribution in [2.75, 3.05) is 19.8 Å². The van der Waals surface area contributed by atoms with E-state index in [4.69, 9.17) is 37.4 Å². The van der Waals surface area contributed by atoms with Gasteiger partial charge in [0.25, 0.3) is 0 Å². The van der Waals surface area contributed by atoms with E-state index < -0.39 is 16.9 Å². The van der Waals surface area contributed by atoms with Crippen LogP contribution in [0.25, 0.3) is 0 Å². The van der Waals surface area contributed by atoms with Crippen LogP contribution in [0, 0.1) is 10.1 Å². The lowest BCUT2D eigenvalue weighted by atomic mass is 10.1. The Balaban J connectivity index is 1.88. The third kappa shape index (κ3) is 4.66. The van der Waals surface area contributed by atoms with Crippen LogP contribution < -0.4 is 4.84 Å². The molecule has 10 nitrogen and oxygen atoms in total. The Bertz CT molecular complexity index is 819. The number of rotatable bonds is 8. The highest BCUT2D eigenvalue weighted by Gasteiger charge is 2.45. The van der Waals surface area contributed by atoms with Gasteiger partial charge in [0.2, 0.25) is 5.79 Å². The van der Waals surface area contributed by atoms with Crippen molar-refractivity contribution in [2.24, 2.45) is 0 Å². The second kappa shape index (κ2) is 8.36. The summed E-state index contributed by atoms with van der Waals surface area (Å²) in [5.41, 5.74) is 0.541. The van der Waals surface area contributed by atoms with E-state index in [1.54, 1.807) is 18.2 Å². The second-order valence-electron chi connectivity index (χ2n) is 5.63. The van der Waals surface area contributed by atoms with Gasteiger partial charge in [-0.1, -0.05) is 29.3 Å². The lowest BCUT2D eigenvalue weighted by Gasteiger charge is -2.29. The Morgan fingerprint density at radius 2 is 2.30 bits per heavy atom. The van der Waals surface area contributed by atoms with Gasteiger partial charge in [-0.15, -0.1) is 15.2 Å². The summed E-state index contributed by atoms with van der Waals surface area (Å²) in [6, 6.07) is 4.53. The largest absolute Gasteiger partial charge is 0.379 e. The molecule has 146 valence electrons. The van der Waals surface area contributed by atoms with Crippen LogP contribution >= 0.6 is 23.2 Å². The molecule has 1 aromatic carbocycles. The van der Waals surface area contributed by atoms with E-state index in [9.17, 15) is 10.1 Å². The smallest absolute Gasteiger partial charge is 0.327 e. The Hall–Kier alpha value is -1.98. The van der Waals surface area contributed by atoms with Crippen molar-refractivity contribution in [2.45, 2.75) is 25.4 Å². The quantitative estimate of drug-likeness (QED) is 0.474. The van der Waals surface area contributed by atoms with Crippen LogP contribution in [0.5, 0.6) is 6.01 Å². The van der Waals surface area contributed by atoms with E-state index >= 15 is 0 Å². The molecule has 2 heterocycles. The van der Waals surface area contributed by atoms with Crippen LogP contribution in [0.15, 0.2) is 24.5 Å². The van der Waals surface area contributed by atoms with Gasteiger partial charge in [-0.2, -0.15) is 4.98 Å². The highest BCUT2D eigenvalue weighted by Crippen LogP contribution is 2.40. The van der Waals surface area contributed by atoms with Gasteiger partial charge in [0.1, 0.15) is 19.0 Å². The zero-order valence-corrected chi connectivity index (χ0v) is 15.7. The molecule has 0 amide bonds. The molecule has 27 heavy (non-hydrogen) atoms. The zero-order chi connectivity index (χ0) is 19.4. The number of benzene rings is 1. The van der Waals surface area contributed by atoms with Crippen LogP contribution in [0.2, 0.25) is 10.0 Å². The van der Waals surface area contributed by atoms with Gasteiger partial charge in [0.15, 0.2) is 0 Å². The molecule has 0 spiro atoms. The molecule has 0 radical (unpaired) electrons. The Labute approximate surface area is 164 Å². The molecule has 0 saturated carbocycles. The summed E-state index contributed by atoms with van der Waals surface area (Å²) >= 11 is 12.3. The molecule has 1 aromatic heterocycles. The molecule has 0 N–H and O–H groups in total. The molecule has 12 heteroatoms. The van der Waals surface area contributed by atoms with E-state index in [0.29, 0.717) is 28.8 Å². The number of halogens is 2. The normalized spacial score (nSPS) is 22.1. The van der Waals surface area contributed by atoms with Crippen molar-refractivity contribution < 1.29 is 24.1 Å². The van der Waals surface area contributed by atoms with Crippen molar-refractivity contribution in [3.05, 3.63) is 50.2 Å². The molecule has 2 atom stereocenters. The van der Waals surface area contributed by atoms with Crippen LogP contribution in [0.4, 0.5) is 0 Å². The summed E-state index contributed by atoms with van der Waals surface area (Å²) in [6.45, 7) is 3.07. The molecule has 2 unspecified atom stereocenters. The first-order chi connectivity index (χ1) is 12.9. The lowest BCUT2D eigenvalue weighted by Crippen LogP contribution is -2.35. The third-order valence-electron chi connectivity index (χ3n) is 3.75. The second-order valence-corrected chi connectivity index (χ2v) is 6.47. The first kappa shape index (κ1) is 19.8. The number of hydrogen-bond acceptors (Lipinski definition) is 8. The average Bonchev–Trinajstić information content (AvgIpc) is 3.20. The molecule has 1 aliphatic rings. The maximum Gasteiger partial charge on any atom is 0.327 e. The molecule has 2 aromatic rings. The summed E-state index contributed by atoms with van der Waals surface area (Å²) in [4.78, 5) is 18.4. The number of hydrogen-bond donors (Lipinski definition) is 0. The molecule has 0 aliphatic carbocycles. The Kier molecular flexibility index (Phi) is 6.12. The van der Waals surface area contributed by atoms with Crippen molar-refractivity contribution in [3.63, 3.8) is 0 Å². The van der Waals surface area contributed by atoms with Gasteiger partial charge in [-0.3, -0.25) is 0 Å². The SMILES string of the molecule is CCOCC1COC(Cn2cnc(O[N+](=O)[O-])n2)(c2ccc(Cl)cc2Cl)O1. The van der Waals surface area contributed by atoms with Crippen molar-refractivity contribution in [1.29, 1.82) is 0 Å². The number of ether oxygens (including phenoxy) is 3. The highest BCUT2D eigenvalue weighted by atomic mass is 35.5. The van der Waals surface area contributed by atoms with Gasteiger partial charge < -0.3 is 14.2 Å². The molecule has 1 fully saturated rings. The lowest BCUT2D eigenvalue weighted by molar-refractivity contribution is -0.713. The van der Waals surface area contributed by atoms with E-state index in [0.717, 1.165) is 0 Å². The van der Waals surface area contributed by atoms with Gasteiger partial charge in [-0.25, -0.2) is 9.52 Å². The van der Waals surface area contributed by atoms with E-state index in [2.05, 4.69) is 14.9 Å². The van der Waals surface area contributed by atoms with Crippen molar-refractivity contribution in [3.8, 4) is 6.01 Å². The van der Waals surface area contributed by atoms with Crippen molar-refractivity contribution >= 4 is 23.2 Å². The first-order valence-electron chi connectivity index (χ1n) is 7.98. The van der Waals surface area contributed by atoms with E-state index in [-0.39, 0.29) is 19.3 Å². The fourth-order valence-electron chi connectivity index (χ4n) is 2.68. The molecule has 1 saturated heterocycles. The number of aromatic nitrogens is 3. The highest BCUT2D eigenvalue weighted by molar-refractivity contribution is 6.35. The summed E-state index contributed by atoms with van der Waals surface area (Å²) in [6.07, 6.45) is 0.946. The van der Waals surface area contributed by atoms with Gasteiger partial charge >= 0.3 is 11.1 Å². The van der Waals surface area contributed by atoms with Crippen molar-refractivity contribution in [1.82, 2.24) is 14.8 Å². The van der Waals surface area contributed by atoms with Crippen LogP contribution in [-0.2, 0) is 26.5 Å². The monoisotopic (exact) mass is 418 g/mol. The van der Waals surface area contributed by atoms with Gasteiger partial charge in [0, 0.05) is 17.2 Å². The number of nitrogens with zero attached hydrogens (tertiary/aromatic N) is 4. The maximum atomic E-state index is 10.4. The fraction of sp³-hybridized carbons (Fsp3) is 0.467. The van der Waals surface area contributed by atoms with E-state index in [1.807, 2.05) is 6.92 Å². The predicted octanol–water partition coefficient (Wildman–Crippen LogP) is 2.46. The van der Waals surface area contributed by atoms with Crippen LogP contribution in [0.1, 0.15) is 12.5 Å². The topological polar surface area (TPSA) is 111 Å². The molecular weight excluding hydrogens is 403 g/mol. The summed E-state index contributed by atoms with van der Waals surface area (Å²) in [5, 5.41) is 14.1.